The molecular weight excluding hydrogens is 304 g/mol. The molecule has 1 aromatic rings. The topological polar surface area (TPSA) is 61.0 Å². The Morgan fingerprint density at radius 3 is 2.12 bits per heavy atom. The van der Waals surface area contributed by atoms with Crippen LogP contribution < -0.4 is 0 Å². The molecule has 0 spiro atoms. The Bertz CT molecular complexity index is 810. The van der Waals surface area contributed by atoms with E-state index < -0.39 is 6.10 Å². The molecule has 0 amide bonds. The minimum atomic E-state index is -0.805. The summed E-state index contributed by atoms with van der Waals surface area (Å²) in [7, 11) is 0. The van der Waals surface area contributed by atoms with Gasteiger partial charge in [-0.05, 0) is 49.3 Å². The summed E-state index contributed by atoms with van der Waals surface area (Å²) in [5, 5.41) is 20.7. The lowest BCUT2D eigenvalue weighted by Crippen LogP contribution is -2.26. The normalized spacial score (nSPS) is 22.0. The van der Waals surface area contributed by atoms with Gasteiger partial charge < -0.3 is 14.9 Å². The molecule has 0 saturated heterocycles. The molecule has 4 heteroatoms. The molecular formula is C20H21O4+. The lowest BCUT2D eigenvalue weighted by molar-refractivity contribution is 0.208. The van der Waals surface area contributed by atoms with Crippen LogP contribution in [0.15, 0.2) is 68.8 Å². The van der Waals surface area contributed by atoms with Crippen molar-refractivity contribution in [3.05, 3.63) is 81.4 Å². The summed E-state index contributed by atoms with van der Waals surface area (Å²) >= 11 is 0. The predicted molar refractivity (Wildman–Crippen MR) is 92.9 cm³/mol. The Hall–Kier alpha value is -2.59. The molecule has 0 aromatic carbocycles. The van der Waals surface area contributed by atoms with E-state index in [0.717, 1.165) is 34.2 Å². The fraction of sp³-hybridized carbons (Fsp3) is 0.250. The maximum absolute atomic E-state index is 10.4. The lowest BCUT2D eigenvalue weighted by Gasteiger charge is -2.28. The van der Waals surface area contributed by atoms with Gasteiger partial charge in [0.05, 0.1) is 13.8 Å². The molecule has 4 nitrogen and oxygen atoms in total. The fourth-order valence-corrected chi connectivity index (χ4v) is 2.98. The first-order chi connectivity index (χ1) is 11.3. The van der Waals surface area contributed by atoms with E-state index in [1.54, 1.807) is 12.2 Å². The van der Waals surface area contributed by atoms with Crippen molar-refractivity contribution in [2.75, 3.05) is 0 Å². The first kappa shape index (κ1) is 16.3. The van der Waals surface area contributed by atoms with E-state index in [1.165, 1.54) is 0 Å². The zero-order valence-electron chi connectivity index (χ0n) is 14.3. The van der Waals surface area contributed by atoms with Gasteiger partial charge in [0.25, 0.3) is 0 Å². The van der Waals surface area contributed by atoms with Crippen molar-refractivity contribution in [1.29, 1.82) is 0 Å². The Kier molecular flexibility index (Phi) is 4.16. The molecule has 3 rings (SSSR count). The standard InChI is InChI=1S/C20H20O4/c1-11-5-15(6-12(2)23-11)9-17-19(21)18(20(17)22)10-16-7-13(3)24-14(4)8-16/h5-10,19,21H,1-4H3/p+1. The Morgan fingerprint density at radius 2 is 1.58 bits per heavy atom. The Labute approximate surface area is 141 Å². The molecule has 0 bridgehead atoms. The largest absolute Gasteiger partial charge is 0.507 e. The van der Waals surface area contributed by atoms with Crippen LogP contribution in [0.4, 0.5) is 0 Å². The van der Waals surface area contributed by atoms with Gasteiger partial charge in [0.1, 0.15) is 23.4 Å². The molecule has 0 radical (unpaired) electrons. The van der Waals surface area contributed by atoms with Gasteiger partial charge in [-0.25, -0.2) is 4.42 Å². The molecule has 1 atom stereocenters. The second kappa shape index (κ2) is 6.13. The smallest absolute Gasteiger partial charge is 0.327 e. The average molecular weight is 325 g/mol. The highest BCUT2D eigenvalue weighted by molar-refractivity contribution is 5.68. The highest BCUT2D eigenvalue weighted by Gasteiger charge is 2.32. The number of ether oxygens (including phenoxy) is 1. The minimum Gasteiger partial charge on any atom is -0.507 e. The van der Waals surface area contributed by atoms with Crippen LogP contribution in [-0.2, 0) is 4.74 Å². The minimum absolute atomic E-state index is 0.120. The van der Waals surface area contributed by atoms with E-state index in [2.05, 4.69) is 0 Å². The molecule has 1 aliphatic carbocycles. The second-order valence-corrected chi connectivity index (χ2v) is 6.17. The van der Waals surface area contributed by atoms with E-state index in [0.29, 0.717) is 11.1 Å². The number of aryl methyl sites for hydroxylation is 2. The van der Waals surface area contributed by atoms with E-state index in [9.17, 15) is 10.2 Å². The quantitative estimate of drug-likeness (QED) is 0.785. The second-order valence-electron chi connectivity index (χ2n) is 6.17. The SMILES string of the molecule is CC1=CC(=CC2=C(O)C(=Cc3cc(C)[o+]c(C)c3)C2O)C=C(C)O1. The predicted octanol–water partition coefficient (Wildman–Crippen LogP) is 4.51. The monoisotopic (exact) mass is 325 g/mol. The van der Waals surface area contributed by atoms with Crippen LogP contribution in [0.3, 0.4) is 0 Å². The van der Waals surface area contributed by atoms with Crippen molar-refractivity contribution in [2.45, 2.75) is 33.8 Å². The third-order valence-electron chi connectivity index (χ3n) is 3.90. The molecule has 124 valence electrons. The molecule has 24 heavy (non-hydrogen) atoms. The summed E-state index contributed by atoms with van der Waals surface area (Å²) < 4.78 is 10.9. The molecule has 2 N–H and O–H groups in total. The van der Waals surface area contributed by atoms with Crippen LogP contribution in [0, 0.1) is 13.8 Å². The van der Waals surface area contributed by atoms with Crippen molar-refractivity contribution < 1.29 is 19.4 Å². The molecule has 2 aliphatic rings. The van der Waals surface area contributed by atoms with Crippen molar-refractivity contribution in [1.82, 2.24) is 0 Å². The number of rotatable bonds is 2. The summed E-state index contributed by atoms with van der Waals surface area (Å²) in [6.07, 6.45) is 6.49. The van der Waals surface area contributed by atoms with E-state index in [-0.39, 0.29) is 5.76 Å². The molecule has 1 aromatic heterocycles. The van der Waals surface area contributed by atoms with Gasteiger partial charge in [-0.2, -0.15) is 0 Å². The zero-order chi connectivity index (χ0) is 17.4. The number of aliphatic hydroxyl groups excluding tert-OH is 2. The lowest BCUT2D eigenvalue weighted by atomic mass is 9.83. The zero-order valence-corrected chi connectivity index (χ0v) is 14.3. The van der Waals surface area contributed by atoms with Crippen LogP contribution in [0.1, 0.15) is 30.9 Å². The number of hydrogen-bond donors (Lipinski definition) is 2. The maximum atomic E-state index is 10.4. The molecule has 0 saturated carbocycles. The van der Waals surface area contributed by atoms with Gasteiger partial charge in [0.2, 0.25) is 0 Å². The molecule has 1 aliphatic heterocycles. The van der Waals surface area contributed by atoms with E-state index in [4.69, 9.17) is 9.15 Å². The van der Waals surface area contributed by atoms with Crippen LogP contribution in [0.2, 0.25) is 0 Å². The third-order valence-corrected chi connectivity index (χ3v) is 3.90. The maximum Gasteiger partial charge on any atom is 0.327 e. The van der Waals surface area contributed by atoms with Gasteiger partial charge in [0, 0.05) is 23.3 Å². The summed E-state index contributed by atoms with van der Waals surface area (Å²) in [5.74, 6) is 3.25. The average Bonchev–Trinajstić information content (AvgIpc) is 2.48. The summed E-state index contributed by atoms with van der Waals surface area (Å²) in [5.41, 5.74) is 2.81. The first-order valence-electron chi connectivity index (χ1n) is 7.84. The number of aliphatic hydroxyl groups is 2. The summed E-state index contributed by atoms with van der Waals surface area (Å²) in [6.45, 7) is 7.47. The van der Waals surface area contributed by atoms with E-state index >= 15 is 0 Å². The van der Waals surface area contributed by atoms with Gasteiger partial charge in [0.15, 0.2) is 0 Å². The van der Waals surface area contributed by atoms with Crippen LogP contribution in [0.25, 0.3) is 6.08 Å². The molecule has 2 heterocycles. The molecule has 1 unspecified atom stereocenters. The Balaban J connectivity index is 1.93. The van der Waals surface area contributed by atoms with Gasteiger partial charge >= 0.3 is 11.5 Å². The fourth-order valence-electron chi connectivity index (χ4n) is 2.98. The summed E-state index contributed by atoms with van der Waals surface area (Å²) in [4.78, 5) is 0. The van der Waals surface area contributed by atoms with E-state index in [1.807, 2.05) is 52.0 Å². The van der Waals surface area contributed by atoms with Crippen LogP contribution in [0.5, 0.6) is 0 Å². The van der Waals surface area contributed by atoms with Crippen LogP contribution in [-0.4, -0.2) is 16.3 Å². The number of allylic oxidation sites excluding steroid dienone is 5. The van der Waals surface area contributed by atoms with Crippen LogP contribution >= 0.6 is 0 Å². The Morgan fingerprint density at radius 1 is 1.00 bits per heavy atom. The highest BCUT2D eigenvalue weighted by atomic mass is 16.5. The first-order valence-corrected chi connectivity index (χ1v) is 7.84. The van der Waals surface area contributed by atoms with Crippen molar-refractivity contribution >= 4 is 6.08 Å². The third kappa shape index (κ3) is 3.19. The molecule has 0 fully saturated rings. The van der Waals surface area contributed by atoms with Gasteiger partial charge in [-0.3, -0.25) is 0 Å². The highest BCUT2D eigenvalue weighted by Crippen LogP contribution is 2.36. The summed E-state index contributed by atoms with van der Waals surface area (Å²) in [6, 6.07) is 3.74. The van der Waals surface area contributed by atoms with Crippen molar-refractivity contribution in [3.8, 4) is 0 Å². The number of hydrogen-bond acceptors (Lipinski definition) is 3. The van der Waals surface area contributed by atoms with Crippen molar-refractivity contribution in [3.63, 3.8) is 0 Å². The van der Waals surface area contributed by atoms with Gasteiger partial charge in [-0.15, -0.1) is 0 Å². The van der Waals surface area contributed by atoms with Crippen molar-refractivity contribution in [2.24, 2.45) is 0 Å². The van der Waals surface area contributed by atoms with Gasteiger partial charge in [-0.1, -0.05) is 0 Å².